The number of thiophene rings is 1. The first kappa shape index (κ1) is 18.1. The lowest BCUT2D eigenvalue weighted by atomic mass is 10.1. The van der Waals surface area contributed by atoms with E-state index >= 15 is 0 Å². The molecule has 1 atom stereocenters. The minimum atomic E-state index is -0.302. The van der Waals surface area contributed by atoms with E-state index in [9.17, 15) is 4.79 Å². The minimum absolute atomic E-state index is 0.0193. The molecule has 3 rings (SSSR count). The van der Waals surface area contributed by atoms with Crippen LogP contribution in [0.2, 0.25) is 0 Å². The van der Waals surface area contributed by atoms with Crippen LogP contribution in [0.15, 0.2) is 72.9 Å². The standard InChI is InChI=1S/C21H23N3OS/c1-3-4-8-14-23(18-10-6-5-7-11-18)17(2)20(25)21-22-13-15-24(21)19-12-9-16-26-19/h3,5-7,9-13,15-17H,1,4,8,14H2,2H3/t17-/m0/s1. The normalized spacial score (nSPS) is 11.9. The van der Waals surface area contributed by atoms with Gasteiger partial charge in [0.2, 0.25) is 5.78 Å². The molecule has 2 heterocycles. The van der Waals surface area contributed by atoms with Gasteiger partial charge in [-0.25, -0.2) is 4.98 Å². The highest BCUT2D eigenvalue weighted by Gasteiger charge is 2.26. The molecule has 0 unspecified atom stereocenters. The first-order chi connectivity index (χ1) is 12.7. The fourth-order valence-electron chi connectivity index (χ4n) is 2.97. The summed E-state index contributed by atoms with van der Waals surface area (Å²) in [6.45, 7) is 6.54. The smallest absolute Gasteiger partial charge is 0.220 e. The third kappa shape index (κ3) is 3.94. The number of carbonyl (C=O) groups excluding carboxylic acids is 1. The van der Waals surface area contributed by atoms with Crippen LogP contribution in [0, 0.1) is 0 Å². The lowest BCUT2D eigenvalue weighted by Crippen LogP contribution is -2.40. The number of Topliss-reactive ketones (excluding diaryl/α,β-unsaturated/α-hetero) is 1. The van der Waals surface area contributed by atoms with Gasteiger partial charge in [-0.15, -0.1) is 17.9 Å². The number of hydrogen-bond donors (Lipinski definition) is 0. The van der Waals surface area contributed by atoms with Crippen LogP contribution >= 0.6 is 11.3 Å². The van der Waals surface area contributed by atoms with Crippen molar-refractivity contribution in [1.82, 2.24) is 9.55 Å². The molecule has 0 radical (unpaired) electrons. The molecular weight excluding hydrogens is 342 g/mol. The molecule has 0 saturated carbocycles. The molecule has 1 aromatic carbocycles. The monoisotopic (exact) mass is 365 g/mol. The molecule has 0 bridgehead atoms. The number of para-hydroxylation sites is 1. The molecule has 4 nitrogen and oxygen atoms in total. The summed E-state index contributed by atoms with van der Waals surface area (Å²) in [6.07, 6.45) is 7.32. The summed E-state index contributed by atoms with van der Waals surface area (Å²) in [5.41, 5.74) is 1.05. The Balaban J connectivity index is 1.87. The van der Waals surface area contributed by atoms with E-state index in [1.807, 2.05) is 71.6 Å². The van der Waals surface area contributed by atoms with Crippen LogP contribution < -0.4 is 4.90 Å². The number of hydrogen-bond acceptors (Lipinski definition) is 4. The summed E-state index contributed by atoms with van der Waals surface area (Å²) in [5, 5.41) is 2.99. The molecule has 2 aromatic heterocycles. The van der Waals surface area contributed by atoms with E-state index in [0.29, 0.717) is 5.82 Å². The highest BCUT2D eigenvalue weighted by molar-refractivity contribution is 7.12. The van der Waals surface area contributed by atoms with E-state index in [0.717, 1.165) is 30.1 Å². The number of rotatable bonds is 9. The number of aromatic nitrogens is 2. The average Bonchev–Trinajstić information content (AvgIpc) is 3.36. The Bertz CT molecular complexity index is 839. The number of benzene rings is 1. The third-order valence-corrected chi connectivity index (χ3v) is 5.21. The summed E-state index contributed by atoms with van der Waals surface area (Å²) in [6, 6.07) is 13.7. The molecule has 134 valence electrons. The fourth-order valence-corrected chi connectivity index (χ4v) is 3.69. The summed E-state index contributed by atoms with van der Waals surface area (Å²) in [5.74, 6) is 0.496. The van der Waals surface area contributed by atoms with Crippen LogP contribution in [0.4, 0.5) is 5.69 Å². The van der Waals surface area contributed by atoms with E-state index in [1.54, 1.807) is 17.5 Å². The SMILES string of the molecule is C=CCCCN(c1ccccc1)[C@@H](C)C(=O)c1nccn1-c1cccs1. The van der Waals surface area contributed by atoms with Crippen molar-refractivity contribution >= 4 is 22.8 Å². The van der Waals surface area contributed by atoms with Gasteiger partial charge < -0.3 is 4.90 Å². The zero-order valence-electron chi connectivity index (χ0n) is 14.9. The molecular formula is C21H23N3OS. The van der Waals surface area contributed by atoms with Crippen LogP contribution in [0.5, 0.6) is 0 Å². The minimum Gasteiger partial charge on any atom is -0.361 e. The molecule has 5 heteroatoms. The lowest BCUT2D eigenvalue weighted by molar-refractivity contribution is 0.0952. The van der Waals surface area contributed by atoms with E-state index in [1.165, 1.54) is 0 Å². The van der Waals surface area contributed by atoms with Gasteiger partial charge in [0.1, 0.15) is 5.00 Å². The number of nitrogens with zero attached hydrogens (tertiary/aromatic N) is 3. The van der Waals surface area contributed by atoms with Gasteiger partial charge in [0.25, 0.3) is 0 Å². The van der Waals surface area contributed by atoms with Gasteiger partial charge in [-0.2, -0.15) is 0 Å². The zero-order valence-corrected chi connectivity index (χ0v) is 15.7. The second-order valence-corrected chi connectivity index (χ2v) is 7.00. The summed E-state index contributed by atoms with van der Waals surface area (Å²) in [4.78, 5) is 19.7. The van der Waals surface area contributed by atoms with Crippen LogP contribution in [0.1, 0.15) is 30.4 Å². The van der Waals surface area contributed by atoms with Crippen LogP contribution in [0.25, 0.3) is 5.00 Å². The molecule has 0 fully saturated rings. The predicted octanol–water partition coefficient (Wildman–Crippen LogP) is 4.98. The second kappa shape index (κ2) is 8.63. The van der Waals surface area contributed by atoms with Gasteiger partial charge in [0, 0.05) is 24.6 Å². The van der Waals surface area contributed by atoms with Crippen molar-refractivity contribution < 1.29 is 4.79 Å². The Hall–Kier alpha value is -2.66. The van der Waals surface area contributed by atoms with Gasteiger partial charge in [-0.3, -0.25) is 9.36 Å². The Kier molecular flexibility index (Phi) is 6.02. The van der Waals surface area contributed by atoms with Crippen molar-refractivity contribution in [1.29, 1.82) is 0 Å². The van der Waals surface area contributed by atoms with E-state index in [4.69, 9.17) is 0 Å². The molecule has 0 aliphatic rings. The molecule has 0 aliphatic carbocycles. The van der Waals surface area contributed by atoms with Crippen molar-refractivity contribution in [3.05, 3.63) is 78.7 Å². The molecule has 26 heavy (non-hydrogen) atoms. The number of ketones is 1. The average molecular weight is 366 g/mol. The fraction of sp³-hybridized carbons (Fsp3) is 0.238. The maximum atomic E-state index is 13.2. The number of unbranched alkanes of at least 4 members (excludes halogenated alkanes) is 1. The second-order valence-electron chi connectivity index (χ2n) is 6.07. The molecule has 0 N–H and O–H groups in total. The zero-order chi connectivity index (χ0) is 18.4. The molecule has 0 aliphatic heterocycles. The largest absolute Gasteiger partial charge is 0.361 e. The van der Waals surface area contributed by atoms with Crippen molar-refractivity contribution in [2.75, 3.05) is 11.4 Å². The Labute approximate surface area is 158 Å². The van der Waals surface area contributed by atoms with Crippen LogP contribution in [-0.2, 0) is 0 Å². The molecule has 3 aromatic rings. The van der Waals surface area contributed by atoms with Crippen molar-refractivity contribution in [3.63, 3.8) is 0 Å². The third-order valence-electron chi connectivity index (χ3n) is 4.35. The predicted molar refractivity (Wildman–Crippen MR) is 108 cm³/mol. The Morgan fingerprint density at radius 3 is 2.81 bits per heavy atom. The lowest BCUT2D eigenvalue weighted by Gasteiger charge is -2.30. The van der Waals surface area contributed by atoms with Crippen molar-refractivity contribution in [2.24, 2.45) is 0 Å². The number of anilines is 1. The summed E-state index contributed by atoms with van der Waals surface area (Å²) < 4.78 is 1.87. The first-order valence-electron chi connectivity index (χ1n) is 8.76. The van der Waals surface area contributed by atoms with Gasteiger partial charge in [0.05, 0.1) is 6.04 Å². The highest BCUT2D eigenvalue weighted by Crippen LogP contribution is 2.22. The van der Waals surface area contributed by atoms with Crippen LogP contribution in [0.3, 0.4) is 0 Å². The Morgan fingerprint density at radius 1 is 1.31 bits per heavy atom. The topological polar surface area (TPSA) is 38.1 Å². The van der Waals surface area contributed by atoms with Crippen molar-refractivity contribution in [2.45, 2.75) is 25.8 Å². The quantitative estimate of drug-likeness (QED) is 0.305. The molecule has 0 amide bonds. The first-order valence-corrected chi connectivity index (χ1v) is 9.64. The van der Waals surface area contributed by atoms with Crippen LogP contribution in [-0.4, -0.2) is 27.9 Å². The number of imidazole rings is 1. The van der Waals surface area contributed by atoms with Gasteiger partial charge in [0.15, 0.2) is 5.82 Å². The number of allylic oxidation sites excluding steroid dienone is 1. The van der Waals surface area contributed by atoms with Crippen molar-refractivity contribution in [3.8, 4) is 5.00 Å². The number of carbonyl (C=O) groups is 1. The van der Waals surface area contributed by atoms with Gasteiger partial charge in [-0.1, -0.05) is 24.3 Å². The summed E-state index contributed by atoms with van der Waals surface area (Å²) >= 11 is 1.59. The maximum absolute atomic E-state index is 13.2. The molecule has 0 spiro atoms. The maximum Gasteiger partial charge on any atom is 0.220 e. The Morgan fingerprint density at radius 2 is 2.12 bits per heavy atom. The van der Waals surface area contributed by atoms with E-state index in [2.05, 4.69) is 16.5 Å². The van der Waals surface area contributed by atoms with E-state index in [-0.39, 0.29) is 11.8 Å². The summed E-state index contributed by atoms with van der Waals surface area (Å²) in [7, 11) is 0. The van der Waals surface area contributed by atoms with Gasteiger partial charge >= 0.3 is 0 Å². The van der Waals surface area contributed by atoms with Gasteiger partial charge in [-0.05, 0) is 49.4 Å². The highest BCUT2D eigenvalue weighted by atomic mass is 32.1. The molecule has 0 saturated heterocycles. The van der Waals surface area contributed by atoms with E-state index < -0.39 is 0 Å².